The van der Waals surface area contributed by atoms with Crippen LogP contribution in [0.3, 0.4) is 0 Å². The molecule has 16 heavy (non-hydrogen) atoms. The van der Waals surface area contributed by atoms with Crippen molar-refractivity contribution < 1.29 is 19.1 Å². The third-order valence-electron chi connectivity index (χ3n) is 1.38. The molecule has 0 spiro atoms. The highest BCUT2D eigenvalue weighted by Crippen LogP contribution is 2.06. The summed E-state index contributed by atoms with van der Waals surface area (Å²) >= 11 is 0. The van der Waals surface area contributed by atoms with E-state index in [9.17, 15) is 9.59 Å². The Hall–Kier alpha value is -1.70. The van der Waals surface area contributed by atoms with E-state index in [4.69, 9.17) is 11.2 Å². The molecule has 0 heterocycles. The number of carbonyl (C=O) groups excluding carboxylic acids is 2. The summed E-state index contributed by atoms with van der Waals surface area (Å²) in [4.78, 5) is 22.5. The molecule has 5 heteroatoms. The van der Waals surface area contributed by atoms with Crippen LogP contribution in [0.25, 0.3) is 0 Å². The number of alkyl carbamates (subject to hydrolysis) is 1. The summed E-state index contributed by atoms with van der Waals surface area (Å²) in [6.07, 6.45) is 4.25. The van der Waals surface area contributed by atoms with E-state index in [0.717, 1.165) is 0 Å². The van der Waals surface area contributed by atoms with Gasteiger partial charge in [-0.3, -0.25) is 0 Å². The fourth-order valence-electron chi connectivity index (χ4n) is 0.781. The molecule has 1 atom stereocenters. The van der Waals surface area contributed by atoms with Gasteiger partial charge in [-0.15, -0.1) is 6.42 Å². The SMILES string of the molecule is C#CCOC(=O)[C@@H](C)NC(=O)OC(C)(C)C. The molecule has 0 aromatic carbocycles. The number of amides is 1. The molecule has 90 valence electrons. The summed E-state index contributed by atoms with van der Waals surface area (Å²) in [5, 5.41) is 2.34. The first-order chi connectivity index (χ1) is 7.26. The van der Waals surface area contributed by atoms with Crippen molar-refractivity contribution in [2.75, 3.05) is 6.61 Å². The van der Waals surface area contributed by atoms with Gasteiger partial charge in [0.05, 0.1) is 0 Å². The lowest BCUT2D eigenvalue weighted by atomic mass is 10.2. The van der Waals surface area contributed by atoms with E-state index in [2.05, 4.69) is 16.0 Å². The van der Waals surface area contributed by atoms with E-state index in [1.807, 2.05) is 0 Å². The van der Waals surface area contributed by atoms with E-state index in [0.29, 0.717) is 0 Å². The van der Waals surface area contributed by atoms with Crippen LogP contribution >= 0.6 is 0 Å². The quantitative estimate of drug-likeness (QED) is 0.578. The van der Waals surface area contributed by atoms with Crippen molar-refractivity contribution in [2.45, 2.75) is 39.3 Å². The molecule has 0 aromatic rings. The Morgan fingerprint density at radius 1 is 1.44 bits per heavy atom. The van der Waals surface area contributed by atoms with Gasteiger partial charge >= 0.3 is 12.1 Å². The first kappa shape index (κ1) is 14.3. The fraction of sp³-hybridized carbons (Fsp3) is 0.636. The van der Waals surface area contributed by atoms with Crippen molar-refractivity contribution in [2.24, 2.45) is 0 Å². The van der Waals surface area contributed by atoms with E-state index in [-0.39, 0.29) is 6.61 Å². The Morgan fingerprint density at radius 3 is 2.44 bits per heavy atom. The third kappa shape index (κ3) is 6.71. The number of esters is 1. The van der Waals surface area contributed by atoms with Crippen molar-refractivity contribution in [1.82, 2.24) is 5.32 Å². The van der Waals surface area contributed by atoms with Gasteiger partial charge in [0.15, 0.2) is 6.61 Å². The molecular formula is C11H17NO4. The summed E-state index contributed by atoms with van der Waals surface area (Å²) < 4.78 is 9.60. The van der Waals surface area contributed by atoms with E-state index >= 15 is 0 Å². The van der Waals surface area contributed by atoms with Gasteiger partial charge in [-0.25, -0.2) is 9.59 Å². The summed E-state index contributed by atoms with van der Waals surface area (Å²) in [6, 6.07) is -0.789. The molecule has 0 saturated carbocycles. The summed E-state index contributed by atoms with van der Waals surface area (Å²) in [5.41, 5.74) is -0.605. The average molecular weight is 227 g/mol. The first-order valence-corrected chi connectivity index (χ1v) is 4.86. The molecule has 0 aromatic heterocycles. The van der Waals surface area contributed by atoms with Crippen LogP contribution in [0.1, 0.15) is 27.7 Å². The summed E-state index contributed by atoms with van der Waals surface area (Å²) in [5.74, 6) is 1.56. The highest BCUT2D eigenvalue weighted by Gasteiger charge is 2.21. The van der Waals surface area contributed by atoms with Gasteiger partial charge < -0.3 is 14.8 Å². The predicted octanol–water partition coefficient (Wildman–Crippen LogP) is 1.08. The highest BCUT2D eigenvalue weighted by molar-refractivity contribution is 5.81. The second kappa shape index (κ2) is 6.01. The maximum Gasteiger partial charge on any atom is 0.408 e. The van der Waals surface area contributed by atoms with Crippen LogP contribution in [0.2, 0.25) is 0 Å². The number of hydrogen-bond acceptors (Lipinski definition) is 4. The zero-order valence-corrected chi connectivity index (χ0v) is 9.99. The Labute approximate surface area is 95.5 Å². The normalized spacial score (nSPS) is 12.2. The van der Waals surface area contributed by atoms with E-state index < -0.39 is 23.7 Å². The highest BCUT2D eigenvalue weighted by atomic mass is 16.6. The van der Waals surface area contributed by atoms with Gasteiger partial charge in [-0.05, 0) is 27.7 Å². The lowest BCUT2D eigenvalue weighted by Gasteiger charge is -2.21. The van der Waals surface area contributed by atoms with Gasteiger partial charge in [0.25, 0.3) is 0 Å². The van der Waals surface area contributed by atoms with Crippen LogP contribution in [-0.4, -0.2) is 30.3 Å². The van der Waals surface area contributed by atoms with Crippen LogP contribution in [0.5, 0.6) is 0 Å². The molecule has 0 aliphatic heterocycles. The van der Waals surface area contributed by atoms with Crippen molar-refractivity contribution in [3.05, 3.63) is 0 Å². The van der Waals surface area contributed by atoms with Gasteiger partial charge in [-0.1, -0.05) is 5.92 Å². The zero-order valence-electron chi connectivity index (χ0n) is 9.99. The number of rotatable bonds is 3. The van der Waals surface area contributed by atoms with Crippen LogP contribution in [0, 0.1) is 12.3 Å². The Bertz CT molecular complexity index is 298. The molecule has 5 nitrogen and oxygen atoms in total. The van der Waals surface area contributed by atoms with Gasteiger partial charge in [-0.2, -0.15) is 0 Å². The van der Waals surface area contributed by atoms with Crippen molar-refractivity contribution in [3.63, 3.8) is 0 Å². The molecular weight excluding hydrogens is 210 g/mol. The average Bonchev–Trinajstić information content (AvgIpc) is 2.10. The number of carbonyl (C=O) groups is 2. The monoisotopic (exact) mass is 227 g/mol. The van der Waals surface area contributed by atoms with Gasteiger partial charge in [0, 0.05) is 0 Å². The fourth-order valence-corrected chi connectivity index (χ4v) is 0.781. The van der Waals surface area contributed by atoms with Crippen LogP contribution in [-0.2, 0) is 14.3 Å². The lowest BCUT2D eigenvalue weighted by Crippen LogP contribution is -2.42. The topological polar surface area (TPSA) is 64.6 Å². The smallest absolute Gasteiger partial charge is 0.408 e. The van der Waals surface area contributed by atoms with Crippen LogP contribution in [0.15, 0.2) is 0 Å². The molecule has 0 saturated heterocycles. The first-order valence-electron chi connectivity index (χ1n) is 4.86. The van der Waals surface area contributed by atoms with Crippen molar-refractivity contribution in [3.8, 4) is 12.3 Å². The molecule has 0 aliphatic rings. The molecule has 1 N–H and O–H groups in total. The van der Waals surface area contributed by atoms with E-state index in [1.165, 1.54) is 6.92 Å². The standard InChI is InChI=1S/C11H17NO4/c1-6-7-15-9(13)8(2)12-10(14)16-11(3,4)5/h1,8H,7H2,2-5H3,(H,12,14)/t8-/m1/s1. The minimum absolute atomic E-state index is 0.112. The Kier molecular flexibility index (Phi) is 5.37. The van der Waals surface area contributed by atoms with E-state index in [1.54, 1.807) is 20.8 Å². The largest absolute Gasteiger partial charge is 0.451 e. The lowest BCUT2D eigenvalue weighted by molar-refractivity contribution is -0.144. The second-order valence-corrected chi connectivity index (χ2v) is 4.18. The molecule has 1 amide bonds. The van der Waals surface area contributed by atoms with Crippen molar-refractivity contribution >= 4 is 12.1 Å². The molecule has 0 unspecified atom stereocenters. The molecule has 0 rings (SSSR count). The predicted molar refractivity (Wildman–Crippen MR) is 58.6 cm³/mol. The number of ether oxygens (including phenoxy) is 2. The molecule has 0 radical (unpaired) electrons. The Morgan fingerprint density at radius 2 is 2.00 bits per heavy atom. The van der Waals surface area contributed by atoms with Gasteiger partial charge in [0.1, 0.15) is 11.6 Å². The summed E-state index contributed by atoms with van der Waals surface area (Å²) in [6.45, 7) is 6.57. The number of nitrogens with one attached hydrogen (secondary N) is 1. The molecule has 0 fully saturated rings. The Balaban J connectivity index is 4.05. The molecule has 0 bridgehead atoms. The molecule has 0 aliphatic carbocycles. The second-order valence-electron chi connectivity index (χ2n) is 4.18. The van der Waals surface area contributed by atoms with Crippen LogP contribution in [0.4, 0.5) is 4.79 Å². The number of hydrogen-bond donors (Lipinski definition) is 1. The third-order valence-corrected chi connectivity index (χ3v) is 1.38. The zero-order chi connectivity index (χ0) is 12.8. The van der Waals surface area contributed by atoms with Gasteiger partial charge in [0.2, 0.25) is 0 Å². The minimum Gasteiger partial charge on any atom is -0.451 e. The minimum atomic E-state index is -0.789. The van der Waals surface area contributed by atoms with Crippen molar-refractivity contribution in [1.29, 1.82) is 0 Å². The summed E-state index contributed by atoms with van der Waals surface area (Å²) in [7, 11) is 0. The van der Waals surface area contributed by atoms with Crippen LogP contribution < -0.4 is 5.32 Å². The maximum absolute atomic E-state index is 11.3. The number of terminal acetylenes is 1. The maximum atomic E-state index is 11.3.